The Labute approximate surface area is 169 Å². The van der Waals surface area contributed by atoms with Gasteiger partial charge in [-0.1, -0.05) is 48.1 Å². The van der Waals surface area contributed by atoms with Crippen LogP contribution in [0.3, 0.4) is 0 Å². The van der Waals surface area contributed by atoms with Gasteiger partial charge in [-0.3, -0.25) is 9.63 Å². The van der Waals surface area contributed by atoms with Crippen molar-refractivity contribution in [3.8, 4) is 0 Å². The Morgan fingerprint density at radius 2 is 1.89 bits per heavy atom. The Kier molecular flexibility index (Phi) is 6.82. The fourth-order valence-corrected chi connectivity index (χ4v) is 4.06. The average molecular weight is 429 g/mol. The second-order valence-corrected chi connectivity index (χ2v) is 9.10. The van der Waals surface area contributed by atoms with Crippen LogP contribution in [0.2, 0.25) is 5.02 Å². The second-order valence-electron chi connectivity index (χ2n) is 6.79. The average Bonchev–Trinajstić information content (AvgIpc) is 2.65. The van der Waals surface area contributed by atoms with Crippen LogP contribution in [0, 0.1) is 5.82 Å². The maximum Gasteiger partial charge on any atom is 0.266 e. The standard InChI is InChI=1S/C19H22ClFN2O4S/c1-19(2,14-7-5-6-8-16(14)21)12-22-18(24)13-9-10-15(20)17(11-13)28(25,26)23(3)27-4/h5-11H,12H2,1-4H3,(H,22,24). The highest BCUT2D eigenvalue weighted by Crippen LogP contribution is 2.27. The van der Waals surface area contributed by atoms with Crippen LogP contribution in [0.5, 0.6) is 0 Å². The van der Waals surface area contributed by atoms with Gasteiger partial charge >= 0.3 is 0 Å². The summed E-state index contributed by atoms with van der Waals surface area (Å²) in [5, 5.41) is 2.68. The Morgan fingerprint density at radius 1 is 1.25 bits per heavy atom. The maximum atomic E-state index is 14.1. The molecule has 0 fully saturated rings. The lowest BCUT2D eigenvalue weighted by Crippen LogP contribution is -2.37. The van der Waals surface area contributed by atoms with Crippen molar-refractivity contribution < 1.29 is 22.4 Å². The molecule has 9 heteroatoms. The van der Waals surface area contributed by atoms with Gasteiger partial charge in [0, 0.05) is 24.6 Å². The minimum absolute atomic E-state index is 0.0351. The first-order valence-corrected chi connectivity index (χ1v) is 10.2. The highest BCUT2D eigenvalue weighted by Gasteiger charge is 2.27. The lowest BCUT2D eigenvalue weighted by Gasteiger charge is -2.26. The van der Waals surface area contributed by atoms with Crippen LogP contribution in [0.15, 0.2) is 47.4 Å². The van der Waals surface area contributed by atoms with Crippen LogP contribution >= 0.6 is 11.6 Å². The molecule has 2 aromatic rings. The molecule has 0 aliphatic heterocycles. The summed E-state index contributed by atoms with van der Waals surface area (Å²) in [6.45, 7) is 3.75. The van der Waals surface area contributed by atoms with Crippen LogP contribution in [-0.4, -0.2) is 39.5 Å². The van der Waals surface area contributed by atoms with E-state index in [9.17, 15) is 17.6 Å². The molecule has 2 aromatic carbocycles. The van der Waals surface area contributed by atoms with Gasteiger partial charge in [0.2, 0.25) is 0 Å². The molecule has 1 amide bonds. The van der Waals surface area contributed by atoms with Crippen LogP contribution in [0.25, 0.3) is 0 Å². The normalized spacial score (nSPS) is 12.2. The van der Waals surface area contributed by atoms with Crippen molar-refractivity contribution in [2.24, 2.45) is 0 Å². The number of amides is 1. The number of hydroxylamine groups is 1. The minimum Gasteiger partial charge on any atom is -0.351 e. The number of carbonyl (C=O) groups is 1. The molecule has 1 N–H and O–H groups in total. The van der Waals surface area contributed by atoms with Crippen molar-refractivity contribution in [3.05, 3.63) is 64.4 Å². The molecule has 2 rings (SSSR count). The van der Waals surface area contributed by atoms with Crippen LogP contribution < -0.4 is 5.32 Å². The molecule has 0 saturated carbocycles. The monoisotopic (exact) mass is 428 g/mol. The third-order valence-corrected chi connectivity index (χ3v) is 6.52. The number of hydrogen-bond acceptors (Lipinski definition) is 4. The summed E-state index contributed by atoms with van der Waals surface area (Å²) >= 11 is 6.00. The Balaban J connectivity index is 2.24. The second kappa shape index (κ2) is 8.57. The van der Waals surface area contributed by atoms with Crippen LogP contribution in [-0.2, 0) is 20.3 Å². The third kappa shape index (κ3) is 4.70. The number of rotatable bonds is 7. The zero-order valence-corrected chi connectivity index (χ0v) is 17.6. The van der Waals surface area contributed by atoms with E-state index in [2.05, 4.69) is 5.32 Å². The summed E-state index contributed by atoms with van der Waals surface area (Å²) in [6, 6.07) is 10.3. The van der Waals surface area contributed by atoms with E-state index in [0.717, 1.165) is 0 Å². The van der Waals surface area contributed by atoms with Gasteiger partial charge in [-0.2, -0.15) is 0 Å². The summed E-state index contributed by atoms with van der Waals surface area (Å²) in [4.78, 5) is 17.0. The van der Waals surface area contributed by atoms with Gasteiger partial charge in [-0.25, -0.2) is 12.8 Å². The molecule has 6 nitrogen and oxygen atoms in total. The topological polar surface area (TPSA) is 75.7 Å². The van der Waals surface area contributed by atoms with Gasteiger partial charge in [-0.15, -0.1) is 0 Å². The molecule has 0 radical (unpaired) electrons. The van der Waals surface area contributed by atoms with E-state index in [4.69, 9.17) is 16.4 Å². The third-order valence-electron chi connectivity index (χ3n) is 4.36. The molecular weight excluding hydrogens is 407 g/mol. The van der Waals surface area contributed by atoms with E-state index in [-0.39, 0.29) is 27.8 Å². The Bertz CT molecular complexity index is 980. The van der Waals surface area contributed by atoms with E-state index in [1.54, 1.807) is 32.0 Å². The highest BCUT2D eigenvalue weighted by molar-refractivity contribution is 7.89. The number of benzene rings is 2. The van der Waals surface area contributed by atoms with Crippen LogP contribution in [0.1, 0.15) is 29.8 Å². The smallest absolute Gasteiger partial charge is 0.266 e. The number of nitrogens with one attached hydrogen (secondary N) is 1. The van der Waals surface area contributed by atoms with E-state index >= 15 is 0 Å². The molecule has 0 atom stereocenters. The first-order valence-electron chi connectivity index (χ1n) is 8.36. The number of nitrogens with zero attached hydrogens (tertiary/aromatic N) is 1. The first-order chi connectivity index (χ1) is 13.0. The summed E-state index contributed by atoms with van der Waals surface area (Å²) in [6.07, 6.45) is 0. The maximum absolute atomic E-state index is 14.1. The molecule has 0 aliphatic carbocycles. The fraction of sp³-hybridized carbons (Fsp3) is 0.316. The molecule has 152 valence electrons. The molecule has 0 spiro atoms. The first kappa shape index (κ1) is 22.3. The fourth-order valence-electron chi connectivity index (χ4n) is 2.59. The Morgan fingerprint density at radius 3 is 2.50 bits per heavy atom. The van der Waals surface area contributed by atoms with Crippen molar-refractivity contribution in [1.29, 1.82) is 0 Å². The molecule has 0 heterocycles. The quantitative estimate of drug-likeness (QED) is 0.686. The highest BCUT2D eigenvalue weighted by atomic mass is 35.5. The minimum atomic E-state index is -4.02. The van der Waals surface area contributed by atoms with E-state index in [1.165, 1.54) is 38.4 Å². The molecular formula is C19H22ClFN2O4S. The number of halogens is 2. The molecule has 0 aliphatic rings. The van der Waals surface area contributed by atoms with Crippen molar-refractivity contribution in [2.75, 3.05) is 20.7 Å². The predicted molar refractivity (Wildman–Crippen MR) is 105 cm³/mol. The van der Waals surface area contributed by atoms with Crippen LogP contribution in [0.4, 0.5) is 4.39 Å². The summed E-state index contributed by atoms with van der Waals surface area (Å²) in [5.41, 5.74) is -0.0910. The van der Waals surface area contributed by atoms with E-state index in [0.29, 0.717) is 10.0 Å². The Hall–Kier alpha value is -2.00. The summed E-state index contributed by atoms with van der Waals surface area (Å²) < 4.78 is 39.6. The van der Waals surface area contributed by atoms with Gasteiger partial charge in [0.1, 0.15) is 10.7 Å². The summed E-state index contributed by atoms with van der Waals surface area (Å²) in [5.74, 6) is -0.859. The predicted octanol–water partition coefficient (Wildman–Crippen LogP) is 3.37. The lowest BCUT2D eigenvalue weighted by atomic mass is 9.84. The van der Waals surface area contributed by atoms with E-state index < -0.39 is 21.3 Å². The summed E-state index contributed by atoms with van der Waals surface area (Å²) in [7, 11) is -1.60. The SMILES string of the molecule is CON(C)S(=O)(=O)c1cc(C(=O)NCC(C)(C)c2ccccc2F)ccc1Cl. The van der Waals surface area contributed by atoms with Crippen molar-refractivity contribution in [2.45, 2.75) is 24.2 Å². The van der Waals surface area contributed by atoms with Gasteiger partial charge in [0.25, 0.3) is 15.9 Å². The zero-order chi connectivity index (χ0) is 21.1. The molecule has 0 bridgehead atoms. The van der Waals surface area contributed by atoms with Gasteiger partial charge in [0.05, 0.1) is 12.1 Å². The molecule has 0 unspecified atom stereocenters. The number of carbonyl (C=O) groups excluding carboxylic acids is 1. The largest absolute Gasteiger partial charge is 0.351 e. The number of hydrogen-bond donors (Lipinski definition) is 1. The van der Waals surface area contributed by atoms with Gasteiger partial charge in [0.15, 0.2) is 0 Å². The van der Waals surface area contributed by atoms with Gasteiger partial charge in [-0.05, 0) is 29.8 Å². The van der Waals surface area contributed by atoms with Crippen molar-refractivity contribution in [1.82, 2.24) is 9.79 Å². The molecule has 28 heavy (non-hydrogen) atoms. The number of sulfonamides is 1. The lowest BCUT2D eigenvalue weighted by molar-refractivity contribution is -0.0258. The molecule has 0 aromatic heterocycles. The zero-order valence-electron chi connectivity index (χ0n) is 16.0. The van der Waals surface area contributed by atoms with E-state index in [1.807, 2.05) is 0 Å². The van der Waals surface area contributed by atoms with Crippen molar-refractivity contribution in [3.63, 3.8) is 0 Å². The van der Waals surface area contributed by atoms with Crippen molar-refractivity contribution >= 4 is 27.5 Å². The van der Waals surface area contributed by atoms with Gasteiger partial charge < -0.3 is 5.32 Å². The molecule has 0 saturated heterocycles.